The van der Waals surface area contributed by atoms with E-state index in [-0.39, 0.29) is 23.0 Å². The molecule has 4 aliphatic rings. The second-order valence-corrected chi connectivity index (χ2v) is 8.80. The molecule has 3 aliphatic carbocycles. The lowest BCUT2D eigenvalue weighted by Gasteiger charge is -2.64. The first-order chi connectivity index (χ1) is 12.3. The monoisotopic (exact) mass is 355 g/mol. The molecular weight excluding hydrogens is 329 g/mol. The molecule has 1 amide bonds. The molecular formula is C20H26BNO4. The summed E-state index contributed by atoms with van der Waals surface area (Å²) in [7, 11) is -0.550. The van der Waals surface area contributed by atoms with Gasteiger partial charge in [-0.1, -0.05) is 32.0 Å². The molecule has 1 aromatic rings. The number of hydrogen-bond acceptors (Lipinski definition) is 4. The Morgan fingerprint density at radius 3 is 2.77 bits per heavy atom. The molecule has 1 aliphatic heterocycles. The van der Waals surface area contributed by atoms with E-state index >= 15 is 0 Å². The molecule has 26 heavy (non-hydrogen) atoms. The lowest BCUT2D eigenvalue weighted by Crippen LogP contribution is -2.65. The predicted octanol–water partition coefficient (Wildman–Crippen LogP) is 2.94. The van der Waals surface area contributed by atoms with Crippen LogP contribution in [0.15, 0.2) is 24.3 Å². The van der Waals surface area contributed by atoms with E-state index in [1.807, 2.05) is 12.1 Å². The third-order valence-electron chi connectivity index (χ3n) is 7.01. The van der Waals surface area contributed by atoms with Crippen molar-refractivity contribution in [2.45, 2.75) is 58.2 Å². The first kappa shape index (κ1) is 17.7. The van der Waals surface area contributed by atoms with Crippen molar-refractivity contribution in [1.82, 2.24) is 5.32 Å². The molecule has 1 N–H and O–H groups in total. The van der Waals surface area contributed by atoms with Gasteiger partial charge in [0, 0.05) is 12.5 Å². The van der Waals surface area contributed by atoms with Crippen molar-refractivity contribution < 1.29 is 18.9 Å². The van der Waals surface area contributed by atoms with Crippen molar-refractivity contribution >= 4 is 19.3 Å². The van der Waals surface area contributed by atoms with E-state index in [9.17, 15) is 9.59 Å². The van der Waals surface area contributed by atoms with Gasteiger partial charge in [-0.25, -0.2) is 0 Å². The quantitative estimate of drug-likeness (QED) is 0.666. The van der Waals surface area contributed by atoms with E-state index in [2.05, 4.69) is 26.1 Å². The molecule has 1 heterocycles. The van der Waals surface area contributed by atoms with Gasteiger partial charge in [0.15, 0.2) is 0 Å². The van der Waals surface area contributed by atoms with Crippen LogP contribution < -0.4 is 5.32 Å². The Morgan fingerprint density at radius 2 is 2.12 bits per heavy atom. The lowest BCUT2D eigenvalue weighted by atomic mass is 9.43. The van der Waals surface area contributed by atoms with Crippen molar-refractivity contribution in [2.24, 2.45) is 17.3 Å². The van der Waals surface area contributed by atoms with Gasteiger partial charge in [0.05, 0.1) is 17.6 Å². The SMILES string of the molecule is CC(=O)N[C@H](B1OC2CC3CC(C3(C)C)[C@]2(C)O1)c1cccc(C=O)c1. The predicted molar refractivity (Wildman–Crippen MR) is 98.5 cm³/mol. The minimum absolute atomic E-state index is 0.0507. The molecule has 0 spiro atoms. The summed E-state index contributed by atoms with van der Waals surface area (Å²) in [6.07, 6.45) is 3.04. The maximum Gasteiger partial charge on any atom is 0.486 e. The van der Waals surface area contributed by atoms with Crippen LogP contribution in [0, 0.1) is 17.3 Å². The summed E-state index contributed by atoms with van der Waals surface area (Å²) in [5, 5.41) is 2.96. The molecule has 2 bridgehead atoms. The van der Waals surface area contributed by atoms with Gasteiger partial charge in [0.2, 0.25) is 5.91 Å². The van der Waals surface area contributed by atoms with Gasteiger partial charge in [-0.15, -0.1) is 0 Å². The topological polar surface area (TPSA) is 64.6 Å². The summed E-state index contributed by atoms with van der Waals surface area (Å²) in [5.74, 6) is 0.548. The van der Waals surface area contributed by atoms with Crippen LogP contribution in [0.2, 0.25) is 0 Å². The van der Waals surface area contributed by atoms with E-state index in [0.29, 0.717) is 17.4 Å². The number of hydrogen-bond donors (Lipinski definition) is 1. The Labute approximate surface area is 155 Å². The summed E-state index contributed by atoms with van der Waals surface area (Å²) in [4.78, 5) is 23.0. The van der Waals surface area contributed by atoms with Gasteiger partial charge in [0.1, 0.15) is 6.29 Å². The smallest absolute Gasteiger partial charge is 0.404 e. The molecule has 6 heteroatoms. The highest BCUT2D eigenvalue weighted by atomic mass is 16.7. The highest BCUT2D eigenvalue weighted by molar-refractivity contribution is 6.47. The van der Waals surface area contributed by atoms with E-state index in [1.165, 1.54) is 13.3 Å². The van der Waals surface area contributed by atoms with E-state index in [0.717, 1.165) is 18.3 Å². The van der Waals surface area contributed by atoms with Crippen LogP contribution in [0.3, 0.4) is 0 Å². The lowest BCUT2D eigenvalue weighted by molar-refractivity contribution is -0.199. The third kappa shape index (κ3) is 2.54. The molecule has 5 atom stereocenters. The van der Waals surface area contributed by atoms with E-state index in [4.69, 9.17) is 9.31 Å². The molecule has 1 aromatic carbocycles. The molecule has 4 fully saturated rings. The van der Waals surface area contributed by atoms with Gasteiger partial charge in [0.25, 0.3) is 0 Å². The van der Waals surface area contributed by atoms with Crippen molar-refractivity contribution in [1.29, 1.82) is 0 Å². The Kier molecular flexibility index (Phi) is 4.05. The van der Waals surface area contributed by atoms with Crippen LogP contribution >= 0.6 is 0 Å². The van der Waals surface area contributed by atoms with Crippen LogP contribution in [0.4, 0.5) is 0 Å². The second-order valence-electron chi connectivity index (χ2n) is 8.80. The molecule has 138 valence electrons. The Bertz CT molecular complexity index is 751. The fourth-order valence-electron chi connectivity index (χ4n) is 5.39. The summed E-state index contributed by atoms with van der Waals surface area (Å²) in [6, 6.07) is 7.25. The van der Waals surface area contributed by atoms with Crippen molar-refractivity contribution in [3.8, 4) is 0 Å². The standard InChI is InChI=1S/C20H26BNO4/c1-12(24)22-18(14-7-5-6-13(8-14)11-23)21-25-17-10-15-9-16(19(15,2)3)20(17,4)26-21/h5-8,11,15-18H,9-10H2,1-4H3,(H,22,24)/t15?,16?,17?,18-,20-/m0/s1. The first-order valence-electron chi connectivity index (χ1n) is 9.41. The number of carbonyl (C=O) groups excluding carboxylic acids is 2. The first-order valence-corrected chi connectivity index (χ1v) is 9.41. The van der Waals surface area contributed by atoms with Crippen LogP contribution in [-0.2, 0) is 14.1 Å². The van der Waals surface area contributed by atoms with Gasteiger partial charge in [-0.3, -0.25) is 9.59 Å². The highest BCUT2D eigenvalue weighted by Gasteiger charge is 2.68. The van der Waals surface area contributed by atoms with Crippen LogP contribution in [0.5, 0.6) is 0 Å². The zero-order chi connectivity index (χ0) is 18.7. The minimum atomic E-state index is -0.550. The Hall–Kier alpha value is -1.66. The van der Waals surface area contributed by atoms with Crippen LogP contribution in [0.1, 0.15) is 62.4 Å². The highest BCUT2D eigenvalue weighted by Crippen LogP contribution is 2.66. The minimum Gasteiger partial charge on any atom is -0.404 e. The fraction of sp³-hybridized carbons (Fsp3) is 0.600. The maximum absolute atomic E-state index is 11.8. The summed E-state index contributed by atoms with van der Waals surface area (Å²) in [6.45, 7) is 8.29. The number of aldehydes is 1. The van der Waals surface area contributed by atoms with Crippen LogP contribution in [-0.4, -0.2) is 31.0 Å². The van der Waals surface area contributed by atoms with Crippen molar-refractivity contribution in [3.05, 3.63) is 35.4 Å². The van der Waals surface area contributed by atoms with Crippen LogP contribution in [0.25, 0.3) is 0 Å². The number of benzene rings is 1. The normalized spacial score (nSPS) is 35.2. The molecule has 3 unspecified atom stereocenters. The average Bonchev–Trinajstić information content (AvgIpc) is 2.96. The maximum atomic E-state index is 11.8. The average molecular weight is 355 g/mol. The number of carbonyl (C=O) groups is 2. The zero-order valence-corrected chi connectivity index (χ0v) is 15.8. The summed E-state index contributed by atoms with van der Waals surface area (Å²) >= 11 is 0. The fourth-order valence-corrected chi connectivity index (χ4v) is 5.39. The molecule has 5 rings (SSSR count). The number of nitrogens with one attached hydrogen (secondary N) is 1. The van der Waals surface area contributed by atoms with Gasteiger partial charge in [-0.2, -0.15) is 0 Å². The zero-order valence-electron chi connectivity index (χ0n) is 15.8. The molecule has 0 aromatic heterocycles. The number of rotatable bonds is 4. The molecule has 3 saturated carbocycles. The molecule has 0 radical (unpaired) electrons. The molecule has 1 saturated heterocycles. The summed E-state index contributed by atoms with van der Waals surface area (Å²) in [5.41, 5.74) is 1.33. The van der Waals surface area contributed by atoms with Gasteiger partial charge in [-0.05, 0) is 48.6 Å². The van der Waals surface area contributed by atoms with Gasteiger partial charge >= 0.3 is 7.12 Å². The Morgan fingerprint density at radius 1 is 1.35 bits per heavy atom. The van der Waals surface area contributed by atoms with E-state index in [1.54, 1.807) is 12.1 Å². The van der Waals surface area contributed by atoms with E-state index < -0.39 is 13.1 Å². The molecule has 5 nitrogen and oxygen atoms in total. The number of amides is 1. The Balaban J connectivity index is 1.63. The largest absolute Gasteiger partial charge is 0.486 e. The second kappa shape index (κ2) is 5.93. The van der Waals surface area contributed by atoms with Gasteiger partial charge < -0.3 is 14.6 Å². The third-order valence-corrected chi connectivity index (χ3v) is 7.01. The van der Waals surface area contributed by atoms with Crippen molar-refractivity contribution in [2.75, 3.05) is 0 Å². The summed E-state index contributed by atoms with van der Waals surface area (Å²) < 4.78 is 12.8. The van der Waals surface area contributed by atoms with Crippen molar-refractivity contribution in [3.63, 3.8) is 0 Å².